The molecule has 0 aliphatic carbocycles. The Labute approximate surface area is 201 Å². The highest BCUT2D eigenvalue weighted by Crippen LogP contribution is 2.31. The first-order valence-corrected chi connectivity index (χ1v) is 11.9. The van der Waals surface area contributed by atoms with E-state index in [9.17, 15) is 9.18 Å². The SMILES string of the molecule is COc1cccc(C(Cc2ccccc2OC)CN2CCC(C(=O)c3ccc(F)cc3)CC2)c1. The van der Waals surface area contributed by atoms with E-state index in [1.165, 1.54) is 23.3 Å². The van der Waals surface area contributed by atoms with Gasteiger partial charge in [-0.3, -0.25) is 4.79 Å². The average Bonchev–Trinajstić information content (AvgIpc) is 2.89. The third-order valence-corrected chi connectivity index (χ3v) is 6.79. The van der Waals surface area contributed by atoms with E-state index in [1.54, 1.807) is 26.4 Å². The molecule has 5 heteroatoms. The number of methoxy groups -OCH3 is 2. The second-order valence-corrected chi connectivity index (χ2v) is 8.94. The van der Waals surface area contributed by atoms with Crippen LogP contribution in [0.5, 0.6) is 11.5 Å². The van der Waals surface area contributed by atoms with Crippen LogP contribution in [0.4, 0.5) is 4.39 Å². The maximum atomic E-state index is 13.2. The first-order valence-electron chi connectivity index (χ1n) is 11.9. The number of nitrogens with zero attached hydrogens (tertiary/aromatic N) is 1. The van der Waals surface area contributed by atoms with Gasteiger partial charge in [0.05, 0.1) is 14.2 Å². The fourth-order valence-corrected chi connectivity index (χ4v) is 4.86. The number of hydrogen-bond donors (Lipinski definition) is 0. The van der Waals surface area contributed by atoms with Crippen LogP contribution in [0.3, 0.4) is 0 Å². The van der Waals surface area contributed by atoms with Crippen LogP contribution in [-0.4, -0.2) is 44.5 Å². The minimum absolute atomic E-state index is 0.00815. The maximum absolute atomic E-state index is 13.2. The van der Waals surface area contributed by atoms with Gasteiger partial charge >= 0.3 is 0 Å². The number of piperidine rings is 1. The summed E-state index contributed by atoms with van der Waals surface area (Å²) in [5.74, 6) is 1.81. The van der Waals surface area contributed by atoms with Gasteiger partial charge in [0.2, 0.25) is 0 Å². The summed E-state index contributed by atoms with van der Waals surface area (Å²) in [6, 6.07) is 22.4. The second kappa shape index (κ2) is 11.3. The lowest BCUT2D eigenvalue weighted by Crippen LogP contribution is -2.39. The lowest BCUT2D eigenvalue weighted by Gasteiger charge is -2.34. The van der Waals surface area contributed by atoms with Crippen LogP contribution in [0.15, 0.2) is 72.8 Å². The minimum Gasteiger partial charge on any atom is -0.497 e. The van der Waals surface area contributed by atoms with Crippen molar-refractivity contribution in [3.63, 3.8) is 0 Å². The molecule has 1 aliphatic heterocycles. The fraction of sp³-hybridized carbons (Fsp3) is 0.345. The number of likely N-dealkylation sites (tertiary alicyclic amines) is 1. The molecule has 178 valence electrons. The van der Waals surface area contributed by atoms with E-state index in [-0.39, 0.29) is 23.4 Å². The first kappa shape index (κ1) is 24.0. The van der Waals surface area contributed by atoms with Gasteiger partial charge in [0, 0.05) is 23.9 Å². The molecule has 3 aromatic carbocycles. The number of carbonyl (C=O) groups is 1. The van der Waals surface area contributed by atoms with Gasteiger partial charge in [0.1, 0.15) is 17.3 Å². The van der Waals surface area contributed by atoms with Crippen LogP contribution in [0, 0.1) is 11.7 Å². The molecule has 0 N–H and O–H groups in total. The molecule has 34 heavy (non-hydrogen) atoms. The number of carbonyl (C=O) groups excluding carboxylic acids is 1. The standard InChI is InChI=1S/C29H32FNO3/c1-33-27-8-5-7-23(19-27)25(18-24-6-3-4-9-28(24)34-2)20-31-16-14-22(15-17-31)29(32)21-10-12-26(30)13-11-21/h3-13,19,22,25H,14-18,20H2,1-2H3. The molecule has 1 fully saturated rings. The number of rotatable bonds is 9. The topological polar surface area (TPSA) is 38.8 Å². The lowest BCUT2D eigenvalue weighted by molar-refractivity contribution is 0.0835. The summed E-state index contributed by atoms with van der Waals surface area (Å²) in [7, 11) is 3.40. The van der Waals surface area contributed by atoms with Gasteiger partial charge in [-0.15, -0.1) is 0 Å². The van der Waals surface area contributed by atoms with E-state index in [2.05, 4.69) is 23.1 Å². The van der Waals surface area contributed by atoms with Crippen LogP contribution in [0.25, 0.3) is 0 Å². The van der Waals surface area contributed by atoms with E-state index in [0.717, 1.165) is 50.4 Å². The summed E-state index contributed by atoms with van der Waals surface area (Å²) in [6.45, 7) is 2.62. The summed E-state index contributed by atoms with van der Waals surface area (Å²) in [4.78, 5) is 15.3. The predicted octanol–water partition coefficient (Wildman–Crippen LogP) is 5.76. The lowest BCUT2D eigenvalue weighted by atomic mass is 9.87. The van der Waals surface area contributed by atoms with Gasteiger partial charge in [-0.1, -0.05) is 30.3 Å². The van der Waals surface area contributed by atoms with Crippen molar-refractivity contribution < 1.29 is 18.7 Å². The Morgan fingerprint density at radius 1 is 0.971 bits per heavy atom. The van der Waals surface area contributed by atoms with Crippen molar-refractivity contribution in [2.45, 2.75) is 25.2 Å². The molecule has 0 amide bonds. The van der Waals surface area contributed by atoms with Crippen molar-refractivity contribution >= 4 is 5.78 Å². The summed E-state index contributed by atoms with van der Waals surface area (Å²) in [5, 5.41) is 0. The Morgan fingerprint density at radius 3 is 2.41 bits per heavy atom. The zero-order chi connectivity index (χ0) is 23.9. The molecule has 4 nitrogen and oxygen atoms in total. The molecule has 0 radical (unpaired) electrons. The molecule has 1 unspecified atom stereocenters. The average molecular weight is 462 g/mol. The number of ether oxygens (including phenoxy) is 2. The minimum atomic E-state index is -0.315. The zero-order valence-electron chi connectivity index (χ0n) is 19.9. The number of Topliss-reactive ketones (excluding diaryl/α,β-unsaturated/α-hetero) is 1. The predicted molar refractivity (Wildman–Crippen MR) is 132 cm³/mol. The van der Waals surface area contributed by atoms with Crippen molar-refractivity contribution in [2.24, 2.45) is 5.92 Å². The van der Waals surface area contributed by atoms with Gasteiger partial charge in [0.15, 0.2) is 5.78 Å². The number of para-hydroxylation sites is 1. The van der Waals surface area contributed by atoms with E-state index >= 15 is 0 Å². The van der Waals surface area contributed by atoms with Gasteiger partial charge in [-0.25, -0.2) is 4.39 Å². The molecule has 0 saturated carbocycles. The van der Waals surface area contributed by atoms with Crippen molar-refractivity contribution in [1.82, 2.24) is 4.90 Å². The number of benzene rings is 3. The highest BCUT2D eigenvalue weighted by molar-refractivity contribution is 5.97. The molecule has 1 heterocycles. The van der Waals surface area contributed by atoms with Gasteiger partial charge in [0.25, 0.3) is 0 Å². The zero-order valence-corrected chi connectivity index (χ0v) is 19.9. The van der Waals surface area contributed by atoms with Crippen LogP contribution >= 0.6 is 0 Å². The van der Waals surface area contributed by atoms with Gasteiger partial charge in [-0.05, 0) is 85.9 Å². The Kier molecular flexibility index (Phi) is 7.96. The molecule has 1 atom stereocenters. The Balaban J connectivity index is 1.46. The van der Waals surface area contributed by atoms with Crippen molar-refractivity contribution in [2.75, 3.05) is 33.9 Å². The molecule has 0 aromatic heterocycles. The molecular weight excluding hydrogens is 429 g/mol. The molecule has 0 bridgehead atoms. The smallest absolute Gasteiger partial charge is 0.166 e. The Morgan fingerprint density at radius 2 is 1.71 bits per heavy atom. The first-order chi connectivity index (χ1) is 16.6. The van der Waals surface area contributed by atoms with Crippen molar-refractivity contribution in [1.29, 1.82) is 0 Å². The summed E-state index contributed by atoms with van der Waals surface area (Å²) in [5.41, 5.74) is 3.01. The van der Waals surface area contributed by atoms with E-state index < -0.39 is 0 Å². The number of hydrogen-bond acceptors (Lipinski definition) is 4. The maximum Gasteiger partial charge on any atom is 0.166 e. The highest BCUT2D eigenvalue weighted by Gasteiger charge is 2.28. The Hall–Kier alpha value is -3.18. The molecule has 4 rings (SSSR count). The van der Waals surface area contributed by atoms with E-state index in [1.807, 2.05) is 30.3 Å². The molecule has 3 aromatic rings. The fourth-order valence-electron chi connectivity index (χ4n) is 4.86. The van der Waals surface area contributed by atoms with Crippen molar-refractivity contribution in [3.8, 4) is 11.5 Å². The normalized spacial score (nSPS) is 15.6. The van der Waals surface area contributed by atoms with Gasteiger partial charge in [-0.2, -0.15) is 0 Å². The summed E-state index contributed by atoms with van der Waals surface area (Å²) in [6.07, 6.45) is 2.48. The second-order valence-electron chi connectivity index (χ2n) is 8.94. The molecule has 1 aliphatic rings. The number of halogens is 1. The third-order valence-electron chi connectivity index (χ3n) is 6.79. The van der Waals surface area contributed by atoms with Crippen LogP contribution in [-0.2, 0) is 6.42 Å². The highest BCUT2D eigenvalue weighted by atomic mass is 19.1. The largest absolute Gasteiger partial charge is 0.497 e. The molecule has 0 spiro atoms. The summed E-state index contributed by atoms with van der Waals surface area (Å²) >= 11 is 0. The quantitative estimate of drug-likeness (QED) is 0.380. The monoisotopic (exact) mass is 461 g/mol. The van der Waals surface area contributed by atoms with Gasteiger partial charge < -0.3 is 14.4 Å². The van der Waals surface area contributed by atoms with E-state index in [0.29, 0.717) is 5.56 Å². The molecule has 1 saturated heterocycles. The third kappa shape index (κ3) is 5.84. The van der Waals surface area contributed by atoms with Crippen molar-refractivity contribution in [3.05, 3.63) is 95.3 Å². The van der Waals surface area contributed by atoms with Crippen LogP contribution < -0.4 is 9.47 Å². The number of ketones is 1. The van der Waals surface area contributed by atoms with Crippen LogP contribution in [0.1, 0.15) is 40.2 Å². The van der Waals surface area contributed by atoms with E-state index in [4.69, 9.17) is 9.47 Å². The molecular formula is C29H32FNO3. The van der Waals surface area contributed by atoms with Crippen LogP contribution in [0.2, 0.25) is 0 Å². The Bertz CT molecular complexity index is 1090. The summed E-state index contributed by atoms with van der Waals surface area (Å²) < 4.78 is 24.3.